The van der Waals surface area contributed by atoms with Crippen molar-refractivity contribution in [3.05, 3.63) is 30.0 Å². The second-order valence-corrected chi connectivity index (χ2v) is 5.14. The Morgan fingerprint density at radius 1 is 1.29 bits per heavy atom. The van der Waals surface area contributed by atoms with Gasteiger partial charge < -0.3 is 18.7 Å². The second kappa shape index (κ2) is 6.17. The van der Waals surface area contributed by atoms with Gasteiger partial charge in [0.25, 0.3) is 0 Å². The van der Waals surface area contributed by atoms with Gasteiger partial charge in [-0.05, 0) is 18.2 Å². The molecule has 0 amide bonds. The number of alkyl halides is 1. The highest BCUT2D eigenvalue weighted by Crippen LogP contribution is 2.36. The first-order valence-electron chi connectivity index (χ1n) is 6.33. The molecule has 2 heterocycles. The number of ether oxygens (including phenoxy) is 3. The minimum Gasteiger partial charge on any atom is -0.459 e. The molecular weight excluding hydrogens is 342 g/mol. The van der Waals surface area contributed by atoms with Crippen LogP contribution >= 0.6 is 15.9 Å². The van der Waals surface area contributed by atoms with E-state index in [9.17, 15) is 4.79 Å². The first-order chi connectivity index (χ1) is 10.3. The molecule has 3 rings (SSSR count). The van der Waals surface area contributed by atoms with Crippen LogP contribution in [-0.2, 0) is 16.1 Å². The molecule has 0 saturated heterocycles. The van der Waals surface area contributed by atoms with Crippen LogP contribution in [0.2, 0.25) is 0 Å². The minimum absolute atomic E-state index is 0.0971. The van der Waals surface area contributed by atoms with Crippen molar-refractivity contribution >= 4 is 21.9 Å². The van der Waals surface area contributed by atoms with Crippen LogP contribution in [0.15, 0.2) is 28.8 Å². The summed E-state index contributed by atoms with van der Waals surface area (Å²) < 4.78 is 20.9. The van der Waals surface area contributed by atoms with Crippen molar-refractivity contribution in [1.82, 2.24) is 5.16 Å². The number of aromatic nitrogens is 1. The average Bonchev–Trinajstić information content (AvgIpc) is 3.13. The van der Waals surface area contributed by atoms with Crippen LogP contribution in [0, 0.1) is 0 Å². The van der Waals surface area contributed by atoms with Crippen molar-refractivity contribution in [1.29, 1.82) is 0 Å². The van der Waals surface area contributed by atoms with Gasteiger partial charge in [-0.2, -0.15) is 0 Å². The topological polar surface area (TPSA) is 70.8 Å². The summed E-state index contributed by atoms with van der Waals surface area (Å²) in [6.07, 6.45) is 0.326. The Kier molecular flexibility index (Phi) is 4.10. The smallest absolute Gasteiger partial charge is 0.307 e. The van der Waals surface area contributed by atoms with Gasteiger partial charge in [0.2, 0.25) is 6.79 Å². The molecule has 2 aromatic rings. The fourth-order valence-corrected chi connectivity index (χ4v) is 2.19. The third-order valence-electron chi connectivity index (χ3n) is 2.90. The molecule has 0 spiro atoms. The molecule has 6 nitrogen and oxygen atoms in total. The van der Waals surface area contributed by atoms with Gasteiger partial charge in [0.1, 0.15) is 12.3 Å². The fourth-order valence-electron chi connectivity index (χ4n) is 1.87. The van der Waals surface area contributed by atoms with Gasteiger partial charge in [0.05, 0.1) is 6.42 Å². The molecule has 0 saturated carbocycles. The van der Waals surface area contributed by atoms with Crippen LogP contribution in [0.3, 0.4) is 0 Å². The fraction of sp³-hybridized carbons (Fsp3) is 0.286. The highest BCUT2D eigenvalue weighted by atomic mass is 79.9. The molecule has 1 aromatic heterocycles. The predicted octanol–water partition coefficient (Wildman–Crippen LogP) is 2.90. The molecule has 1 aromatic carbocycles. The first kappa shape index (κ1) is 13.9. The lowest BCUT2D eigenvalue weighted by atomic mass is 10.1. The predicted molar refractivity (Wildman–Crippen MR) is 76.3 cm³/mol. The Hall–Kier alpha value is -2.02. The number of fused-ring (bicyclic) bond motifs is 1. The lowest BCUT2D eigenvalue weighted by molar-refractivity contribution is -0.144. The van der Waals surface area contributed by atoms with Crippen molar-refractivity contribution in [2.45, 2.75) is 13.0 Å². The number of rotatable bonds is 5. The van der Waals surface area contributed by atoms with E-state index in [1.165, 1.54) is 0 Å². The van der Waals surface area contributed by atoms with Gasteiger partial charge in [-0.1, -0.05) is 21.1 Å². The maximum Gasteiger partial charge on any atom is 0.307 e. The molecule has 0 atom stereocenters. The van der Waals surface area contributed by atoms with Crippen molar-refractivity contribution in [3.63, 3.8) is 0 Å². The van der Waals surface area contributed by atoms with E-state index in [-0.39, 0.29) is 19.4 Å². The SMILES string of the molecule is O=C(CCBr)OCc1cc(-c2ccc3c(c2)OCO3)on1. The van der Waals surface area contributed by atoms with Crippen LogP contribution in [0.25, 0.3) is 11.3 Å². The van der Waals surface area contributed by atoms with Crippen molar-refractivity contribution in [2.75, 3.05) is 12.1 Å². The molecule has 110 valence electrons. The molecule has 1 aliphatic rings. The largest absolute Gasteiger partial charge is 0.459 e. The van der Waals surface area contributed by atoms with E-state index < -0.39 is 0 Å². The van der Waals surface area contributed by atoms with Crippen LogP contribution in [0.4, 0.5) is 0 Å². The van der Waals surface area contributed by atoms with Gasteiger partial charge >= 0.3 is 5.97 Å². The normalized spacial score (nSPS) is 12.4. The summed E-state index contributed by atoms with van der Waals surface area (Å²) >= 11 is 3.18. The molecule has 0 unspecified atom stereocenters. The van der Waals surface area contributed by atoms with Gasteiger partial charge in [-0.3, -0.25) is 4.79 Å². The number of nitrogens with zero attached hydrogens (tertiary/aromatic N) is 1. The van der Waals surface area contributed by atoms with Crippen LogP contribution in [0.1, 0.15) is 12.1 Å². The summed E-state index contributed by atoms with van der Waals surface area (Å²) in [7, 11) is 0. The molecule has 1 aliphatic heterocycles. The highest BCUT2D eigenvalue weighted by molar-refractivity contribution is 9.09. The summed E-state index contributed by atoms with van der Waals surface area (Å²) in [4.78, 5) is 11.3. The monoisotopic (exact) mass is 353 g/mol. The molecule has 0 radical (unpaired) electrons. The zero-order valence-electron chi connectivity index (χ0n) is 11.0. The molecule has 0 N–H and O–H groups in total. The number of halogens is 1. The van der Waals surface area contributed by atoms with Gasteiger partial charge in [-0.25, -0.2) is 0 Å². The van der Waals surface area contributed by atoms with E-state index >= 15 is 0 Å². The van der Waals surface area contributed by atoms with E-state index in [4.69, 9.17) is 18.7 Å². The Bertz CT molecular complexity index is 655. The van der Waals surface area contributed by atoms with Crippen molar-refractivity contribution < 1.29 is 23.5 Å². The van der Waals surface area contributed by atoms with Gasteiger partial charge in [0.15, 0.2) is 17.3 Å². The Morgan fingerprint density at radius 2 is 2.14 bits per heavy atom. The molecule has 0 aliphatic carbocycles. The zero-order valence-corrected chi connectivity index (χ0v) is 12.6. The summed E-state index contributed by atoms with van der Waals surface area (Å²) in [5.74, 6) is 1.69. The average molecular weight is 354 g/mol. The second-order valence-electron chi connectivity index (χ2n) is 4.35. The number of esters is 1. The third-order valence-corrected chi connectivity index (χ3v) is 3.29. The standard InChI is InChI=1S/C14H12BrNO5/c15-4-3-14(17)18-7-10-6-12(21-16-10)9-1-2-11-13(5-9)20-8-19-11/h1-2,5-6H,3-4,7-8H2. The van der Waals surface area contributed by atoms with Gasteiger partial charge in [-0.15, -0.1) is 0 Å². The Morgan fingerprint density at radius 3 is 3.00 bits per heavy atom. The summed E-state index contributed by atoms with van der Waals surface area (Å²) in [6, 6.07) is 7.23. The summed E-state index contributed by atoms with van der Waals surface area (Å²) in [6.45, 7) is 0.323. The Balaban J connectivity index is 1.68. The third kappa shape index (κ3) is 3.18. The molecule has 7 heteroatoms. The summed E-state index contributed by atoms with van der Waals surface area (Å²) in [5, 5.41) is 4.46. The quantitative estimate of drug-likeness (QED) is 0.607. The van der Waals surface area contributed by atoms with Gasteiger partial charge in [0, 0.05) is 17.0 Å². The minimum atomic E-state index is -0.278. The van der Waals surface area contributed by atoms with Crippen LogP contribution in [0.5, 0.6) is 11.5 Å². The number of hydrogen-bond donors (Lipinski definition) is 0. The highest BCUT2D eigenvalue weighted by Gasteiger charge is 2.16. The molecule has 21 heavy (non-hydrogen) atoms. The van der Waals surface area contributed by atoms with Crippen LogP contribution < -0.4 is 9.47 Å². The van der Waals surface area contributed by atoms with E-state index in [2.05, 4.69) is 21.1 Å². The van der Waals surface area contributed by atoms with Crippen molar-refractivity contribution in [2.24, 2.45) is 0 Å². The maximum atomic E-state index is 11.3. The number of benzene rings is 1. The molecule has 0 fully saturated rings. The zero-order chi connectivity index (χ0) is 14.7. The van der Waals surface area contributed by atoms with Crippen molar-refractivity contribution in [3.8, 4) is 22.8 Å². The van der Waals surface area contributed by atoms with Crippen LogP contribution in [-0.4, -0.2) is 23.2 Å². The molecular formula is C14H12BrNO5. The maximum absolute atomic E-state index is 11.3. The lowest BCUT2D eigenvalue weighted by Crippen LogP contribution is -2.04. The van der Waals surface area contributed by atoms with E-state index in [0.717, 1.165) is 5.56 Å². The first-order valence-corrected chi connectivity index (χ1v) is 7.45. The molecule has 0 bridgehead atoms. The Labute approximate surface area is 129 Å². The van der Waals surface area contributed by atoms with E-state index in [0.29, 0.717) is 34.7 Å². The number of hydrogen-bond acceptors (Lipinski definition) is 6. The number of carbonyl (C=O) groups is 1. The number of carbonyl (C=O) groups excluding carboxylic acids is 1. The van der Waals surface area contributed by atoms with E-state index in [1.54, 1.807) is 6.07 Å². The summed E-state index contributed by atoms with van der Waals surface area (Å²) in [5.41, 5.74) is 1.38. The van der Waals surface area contributed by atoms with E-state index in [1.807, 2.05) is 18.2 Å². The lowest BCUT2D eigenvalue weighted by Gasteiger charge is -1.99.